The predicted octanol–water partition coefficient (Wildman–Crippen LogP) is 2.80. The monoisotopic (exact) mass is 427 g/mol. The van der Waals surface area contributed by atoms with Gasteiger partial charge in [-0.15, -0.1) is 0 Å². The van der Waals surface area contributed by atoms with Crippen molar-refractivity contribution in [2.45, 2.75) is 24.8 Å². The number of hydrogen-bond donors (Lipinski definition) is 0. The van der Waals surface area contributed by atoms with Crippen molar-refractivity contribution in [2.75, 3.05) is 14.1 Å². The molecule has 0 atom stereocenters. The van der Waals surface area contributed by atoms with E-state index < -0.39 is 23.5 Å². The minimum atomic E-state index is -3.50. The molecule has 0 aliphatic heterocycles. The van der Waals surface area contributed by atoms with Gasteiger partial charge in [-0.25, -0.2) is 0 Å². The number of sulfonamides is 1. The summed E-state index contributed by atoms with van der Waals surface area (Å²) in [7, 11) is 11.2. The summed E-state index contributed by atoms with van der Waals surface area (Å²) < 4.78 is 32.8. The fourth-order valence-electron chi connectivity index (χ4n) is 1.41. The van der Waals surface area contributed by atoms with Gasteiger partial charge in [-0.05, 0) is 0 Å². The Balaban J connectivity index is 3.38. The van der Waals surface area contributed by atoms with Gasteiger partial charge in [0.05, 0.1) is 0 Å². The first-order chi connectivity index (χ1) is 9.14. The van der Waals surface area contributed by atoms with Gasteiger partial charge in [0.1, 0.15) is 0 Å². The molecular weight excluding hydrogens is 410 g/mol. The van der Waals surface area contributed by atoms with Gasteiger partial charge in [0.25, 0.3) is 0 Å². The Morgan fingerprint density at radius 2 is 1.90 bits per heavy atom. The number of ether oxygens (including phenoxy) is 1. The second kappa shape index (κ2) is 7.32. The zero-order chi connectivity index (χ0) is 15.5. The second-order valence-electron chi connectivity index (χ2n) is 4.46. The van der Waals surface area contributed by atoms with Crippen LogP contribution in [0.1, 0.15) is 19.4 Å². The van der Waals surface area contributed by atoms with E-state index >= 15 is 0 Å². The molecule has 0 amide bonds. The zero-order valence-corrected chi connectivity index (χ0v) is 15.6. The van der Waals surface area contributed by atoms with E-state index in [4.69, 9.17) is 24.1 Å². The maximum absolute atomic E-state index is 12.1. The van der Waals surface area contributed by atoms with Gasteiger partial charge < -0.3 is 0 Å². The van der Waals surface area contributed by atoms with Crippen molar-refractivity contribution in [1.82, 2.24) is 4.31 Å². The van der Waals surface area contributed by atoms with Crippen LogP contribution in [-0.2, 0) is 23.5 Å². The van der Waals surface area contributed by atoms with Crippen molar-refractivity contribution in [2.24, 2.45) is 0 Å². The Labute approximate surface area is 133 Å². The van der Waals surface area contributed by atoms with Crippen LogP contribution in [0.5, 0.6) is 5.75 Å². The van der Waals surface area contributed by atoms with E-state index in [-0.39, 0.29) is 11.0 Å². The molecule has 0 aromatic heterocycles. The average Bonchev–Trinajstić information content (AvgIpc) is 2.29. The van der Waals surface area contributed by atoms with E-state index in [0.29, 0.717) is 5.75 Å². The molecule has 1 aromatic carbocycles. The van der Waals surface area contributed by atoms with E-state index in [2.05, 4.69) is 0 Å². The third kappa shape index (κ3) is 4.78. The third-order valence-electron chi connectivity index (χ3n) is 2.31. The molecule has 0 saturated carbocycles. The van der Waals surface area contributed by atoms with Crippen LogP contribution in [0.25, 0.3) is 0 Å². The molecule has 0 saturated heterocycles. The predicted molar refractivity (Wildman–Crippen MR) is 80.0 cm³/mol. The normalized spacial score (nSPS) is 12.7. The Morgan fingerprint density at radius 3 is 2.35 bits per heavy atom. The van der Waals surface area contributed by atoms with E-state index in [1.165, 1.54) is 26.2 Å². The van der Waals surface area contributed by atoms with Gasteiger partial charge in [0.15, 0.2) is 0 Å². The molecule has 0 N–H and O–H groups in total. The molecule has 1 rings (SSSR count). The molecule has 0 heterocycles. The molecule has 0 unspecified atom stereocenters. The molecule has 0 aliphatic rings. The summed E-state index contributed by atoms with van der Waals surface area (Å²) in [6, 6.07) is 4.70. The summed E-state index contributed by atoms with van der Waals surface area (Å²) in [4.78, 5) is 0.179. The number of halogens is 2. The first-order valence-electron chi connectivity index (χ1n) is 5.71. The number of benzene rings is 1. The van der Waals surface area contributed by atoms with Gasteiger partial charge in [0, 0.05) is 0 Å². The SMILES string of the molecule is CC(C)Oc1cc(S(=O)(=O)N(C)C)ccc1[CH]=[Ru]([Cl])[Cl]. The van der Waals surface area contributed by atoms with Gasteiger partial charge in [0.2, 0.25) is 0 Å². The zero-order valence-electron chi connectivity index (χ0n) is 11.6. The van der Waals surface area contributed by atoms with Crippen molar-refractivity contribution in [3.63, 3.8) is 0 Å². The molecule has 0 bridgehead atoms. The van der Waals surface area contributed by atoms with Crippen LogP contribution in [-0.4, -0.2) is 37.5 Å². The van der Waals surface area contributed by atoms with Crippen LogP contribution in [0.15, 0.2) is 23.1 Å². The Hall–Kier alpha value is 0.00338. The van der Waals surface area contributed by atoms with Crippen LogP contribution in [0, 0.1) is 0 Å². The fourth-order valence-corrected chi connectivity index (χ4v) is 4.13. The number of hydrogen-bond acceptors (Lipinski definition) is 3. The molecule has 20 heavy (non-hydrogen) atoms. The molecular formula is C12H17Cl2NO3RuS. The van der Waals surface area contributed by atoms with Gasteiger partial charge >= 0.3 is 133 Å². The molecule has 0 spiro atoms. The summed E-state index contributed by atoms with van der Waals surface area (Å²) in [6.07, 6.45) is -0.0780. The molecule has 0 fully saturated rings. The van der Waals surface area contributed by atoms with Crippen LogP contribution in [0.4, 0.5) is 0 Å². The Bertz CT molecular complexity index is 611. The van der Waals surface area contributed by atoms with Crippen molar-refractivity contribution in [1.29, 1.82) is 0 Å². The van der Waals surface area contributed by atoms with Crippen molar-refractivity contribution in [3.8, 4) is 5.75 Å². The molecule has 0 radical (unpaired) electrons. The molecule has 1 aromatic rings. The second-order valence-corrected chi connectivity index (χ2v) is 12.3. The quantitative estimate of drug-likeness (QED) is 0.680. The van der Waals surface area contributed by atoms with E-state index in [9.17, 15) is 8.42 Å². The fraction of sp³-hybridized carbons (Fsp3) is 0.417. The van der Waals surface area contributed by atoms with Crippen molar-refractivity contribution >= 4 is 34.0 Å². The van der Waals surface area contributed by atoms with E-state index in [0.717, 1.165) is 9.87 Å². The molecule has 116 valence electrons. The topological polar surface area (TPSA) is 46.6 Å². The third-order valence-corrected chi connectivity index (χ3v) is 5.96. The average molecular weight is 427 g/mol. The Kier molecular flexibility index (Phi) is 6.61. The summed E-state index contributed by atoms with van der Waals surface area (Å²) in [6.45, 7) is 3.74. The summed E-state index contributed by atoms with van der Waals surface area (Å²) in [5, 5.41) is 0. The summed E-state index contributed by atoms with van der Waals surface area (Å²) in [5.41, 5.74) is 0.722. The number of nitrogens with zero attached hydrogens (tertiary/aromatic N) is 1. The molecule has 8 heteroatoms. The van der Waals surface area contributed by atoms with Crippen LogP contribution < -0.4 is 4.74 Å². The van der Waals surface area contributed by atoms with Crippen LogP contribution in [0.3, 0.4) is 0 Å². The molecule has 4 nitrogen and oxygen atoms in total. The Morgan fingerprint density at radius 1 is 1.30 bits per heavy atom. The van der Waals surface area contributed by atoms with Crippen LogP contribution in [0.2, 0.25) is 0 Å². The summed E-state index contributed by atoms with van der Waals surface area (Å²) >= 11 is -2.01. The van der Waals surface area contributed by atoms with Gasteiger partial charge in [-0.1, -0.05) is 0 Å². The minimum absolute atomic E-state index is 0.0780. The number of rotatable bonds is 5. The van der Waals surface area contributed by atoms with Crippen molar-refractivity contribution in [3.05, 3.63) is 23.8 Å². The van der Waals surface area contributed by atoms with Crippen LogP contribution >= 0.6 is 19.4 Å². The standard InChI is InChI=1S/C12H17NO3S.2ClH.Ru/c1-9(2)16-12-8-11(7-6-10(12)3)17(14,15)13(4)5;;;/h3,6-9H,1-2,4-5H3;2*1H;/q;;;+2/p-2. The molecule has 0 aliphatic carbocycles. The van der Waals surface area contributed by atoms with Gasteiger partial charge in [-0.3, -0.25) is 0 Å². The van der Waals surface area contributed by atoms with Crippen molar-refractivity contribution < 1.29 is 26.7 Å². The summed E-state index contributed by atoms with van der Waals surface area (Å²) in [5.74, 6) is 0.475. The first kappa shape index (κ1) is 18.1. The first-order valence-corrected chi connectivity index (χ1v) is 12.6. The van der Waals surface area contributed by atoms with E-state index in [1.807, 2.05) is 13.8 Å². The maximum atomic E-state index is 12.1. The van der Waals surface area contributed by atoms with Gasteiger partial charge in [-0.2, -0.15) is 0 Å². The van der Waals surface area contributed by atoms with E-state index in [1.54, 1.807) is 10.7 Å².